The van der Waals surface area contributed by atoms with E-state index in [1.807, 2.05) is 48.7 Å². The van der Waals surface area contributed by atoms with Crippen molar-refractivity contribution in [2.24, 2.45) is 0 Å². The molecule has 2 aromatic heterocycles. The van der Waals surface area contributed by atoms with E-state index in [9.17, 15) is 9.59 Å². The molecule has 3 aromatic rings. The topological polar surface area (TPSA) is 79.8 Å². The Labute approximate surface area is 139 Å². The van der Waals surface area contributed by atoms with Gasteiger partial charge in [-0.05, 0) is 37.6 Å². The van der Waals surface area contributed by atoms with Crippen LogP contribution in [0.3, 0.4) is 0 Å². The Balaban J connectivity index is 1.60. The van der Waals surface area contributed by atoms with Gasteiger partial charge in [0.05, 0.1) is 17.4 Å². The first kappa shape index (κ1) is 16.0. The van der Waals surface area contributed by atoms with E-state index in [2.05, 4.69) is 15.3 Å². The third kappa shape index (κ3) is 3.37. The minimum absolute atomic E-state index is 0.0906. The number of benzene rings is 1. The number of aryl methyl sites for hydroxylation is 3. The number of aromatic nitrogens is 3. The molecule has 0 saturated heterocycles. The number of nitrogens with one attached hydrogen (secondary N) is 2. The third-order valence-corrected chi connectivity index (χ3v) is 4.06. The first-order valence-electron chi connectivity index (χ1n) is 7.90. The van der Waals surface area contributed by atoms with Crippen molar-refractivity contribution >= 4 is 16.9 Å². The largest absolute Gasteiger partial charge is 0.352 e. The molecule has 3 rings (SSSR count). The van der Waals surface area contributed by atoms with Gasteiger partial charge in [-0.2, -0.15) is 0 Å². The molecule has 0 atom stereocenters. The third-order valence-electron chi connectivity index (χ3n) is 4.06. The SMILES string of the molecule is Cc1cc(C)c(CNC(=O)CCn2cnc3ccccc32)c(=O)[nH]1. The van der Waals surface area contributed by atoms with Crippen LogP contribution < -0.4 is 10.9 Å². The Morgan fingerprint density at radius 1 is 1.29 bits per heavy atom. The molecule has 124 valence electrons. The lowest BCUT2D eigenvalue weighted by Gasteiger charge is -2.09. The number of nitrogens with zero attached hydrogens (tertiary/aromatic N) is 2. The van der Waals surface area contributed by atoms with E-state index in [-0.39, 0.29) is 18.0 Å². The number of amides is 1. The lowest BCUT2D eigenvalue weighted by molar-refractivity contribution is -0.121. The fourth-order valence-corrected chi connectivity index (χ4v) is 2.79. The normalized spacial score (nSPS) is 10.9. The van der Waals surface area contributed by atoms with Gasteiger partial charge >= 0.3 is 0 Å². The van der Waals surface area contributed by atoms with Crippen molar-refractivity contribution < 1.29 is 4.79 Å². The summed E-state index contributed by atoms with van der Waals surface area (Å²) in [6.07, 6.45) is 2.08. The quantitative estimate of drug-likeness (QED) is 0.754. The molecule has 0 aliphatic heterocycles. The molecule has 1 aromatic carbocycles. The molecule has 24 heavy (non-hydrogen) atoms. The van der Waals surface area contributed by atoms with E-state index in [0.717, 1.165) is 22.3 Å². The van der Waals surface area contributed by atoms with Gasteiger partial charge in [0.15, 0.2) is 0 Å². The van der Waals surface area contributed by atoms with E-state index in [1.165, 1.54) is 0 Å². The molecule has 0 bridgehead atoms. The summed E-state index contributed by atoms with van der Waals surface area (Å²) in [6.45, 7) is 4.51. The van der Waals surface area contributed by atoms with E-state index >= 15 is 0 Å². The fraction of sp³-hybridized carbons (Fsp3) is 0.278. The Kier molecular flexibility index (Phi) is 4.46. The standard InChI is InChI=1S/C18H20N4O2/c1-12-9-13(2)21-18(24)14(12)10-19-17(23)7-8-22-11-20-15-5-3-4-6-16(15)22/h3-6,9,11H,7-8,10H2,1-2H3,(H,19,23)(H,21,24). The number of H-pyrrole nitrogens is 1. The van der Waals surface area contributed by atoms with Gasteiger partial charge in [0.2, 0.25) is 5.91 Å². The molecule has 0 spiro atoms. The molecule has 0 unspecified atom stereocenters. The van der Waals surface area contributed by atoms with Crippen molar-refractivity contribution in [2.45, 2.75) is 33.4 Å². The van der Waals surface area contributed by atoms with Crippen LogP contribution in [-0.4, -0.2) is 20.4 Å². The number of hydrogen-bond acceptors (Lipinski definition) is 3. The van der Waals surface area contributed by atoms with Gasteiger partial charge in [0.1, 0.15) is 0 Å². The number of para-hydroxylation sites is 2. The van der Waals surface area contributed by atoms with Crippen molar-refractivity contribution in [1.29, 1.82) is 0 Å². The molecule has 0 aliphatic rings. The highest BCUT2D eigenvalue weighted by atomic mass is 16.1. The zero-order chi connectivity index (χ0) is 17.1. The summed E-state index contributed by atoms with van der Waals surface area (Å²) < 4.78 is 1.96. The number of carbonyl (C=O) groups excluding carboxylic acids is 1. The number of rotatable bonds is 5. The highest BCUT2D eigenvalue weighted by molar-refractivity contribution is 5.77. The highest BCUT2D eigenvalue weighted by Crippen LogP contribution is 2.12. The number of imidazole rings is 1. The van der Waals surface area contributed by atoms with Crippen LogP contribution in [0.4, 0.5) is 0 Å². The first-order chi connectivity index (χ1) is 11.5. The summed E-state index contributed by atoms with van der Waals surface area (Å²) in [5.41, 5.74) is 4.09. The lowest BCUT2D eigenvalue weighted by Crippen LogP contribution is -2.28. The summed E-state index contributed by atoms with van der Waals surface area (Å²) in [5.74, 6) is -0.0906. The van der Waals surface area contributed by atoms with Crippen LogP contribution in [-0.2, 0) is 17.9 Å². The van der Waals surface area contributed by atoms with Crippen molar-refractivity contribution in [1.82, 2.24) is 19.9 Å². The lowest BCUT2D eigenvalue weighted by atomic mass is 10.1. The van der Waals surface area contributed by atoms with Gasteiger partial charge in [0.25, 0.3) is 5.56 Å². The van der Waals surface area contributed by atoms with Crippen LogP contribution in [0.2, 0.25) is 0 Å². The minimum atomic E-state index is -0.145. The Hall–Kier alpha value is -2.89. The molecule has 0 aliphatic carbocycles. The maximum absolute atomic E-state index is 12.1. The van der Waals surface area contributed by atoms with Crippen LogP contribution >= 0.6 is 0 Å². The van der Waals surface area contributed by atoms with Crippen molar-refractivity contribution in [3.63, 3.8) is 0 Å². The molecular formula is C18H20N4O2. The van der Waals surface area contributed by atoms with Crippen LogP contribution in [0, 0.1) is 13.8 Å². The van der Waals surface area contributed by atoms with Crippen LogP contribution in [0.15, 0.2) is 41.5 Å². The highest BCUT2D eigenvalue weighted by Gasteiger charge is 2.08. The summed E-state index contributed by atoms with van der Waals surface area (Å²) in [4.78, 5) is 31.1. The zero-order valence-corrected chi connectivity index (χ0v) is 13.8. The second-order valence-corrected chi connectivity index (χ2v) is 5.90. The second-order valence-electron chi connectivity index (χ2n) is 5.90. The van der Waals surface area contributed by atoms with Crippen molar-refractivity contribution in [3.05, 3.63) is 63.8 Å². The van der Waals surface area contributed by atoms with Gasteiger partial charge < -0.3 is 14.9 Å². The summed E-state index contributed by atoms with van der Waals surface area (Å²) >= 11 is 0. The zero-order valence-electron chi connectivity index (χ0n) is 13.8. The van der Waals surface area contributed by atoms with Crippen LogP contribution in [0.25, 0.3) is 11.0 Å². The second kappa shape index (κ2) is 6.70. The maximum Gasteiger partial charge on any atom is 0.253 e. The predicted octanol–water partition coefficient (Wildman–Crippen LogP) is 2.05. The Bertz CT molecular complexity index is 940. The maximum atomic E-state index is 12.1. The smallest absolute Gasteiger partial charge is 0.253 e. The molecule has 6 heteroatoms. The van der Waals surface area contributed by atoms with Crippen molar-refractivity contribution in [2.75, 3.05) is 0 Å². The molecule has 0 fully saturated rings. The molecule has 2 N–H and O–H groups in total. The van der Waals surface area contributed by atoms with Gasteiger partial charge in [-0.25, -0.2) is 4.98 Å². The summed E-state index contributed by atoms with van der Waals surface area (Å²) in [7, 11) is 0. The van der Waals surface area contributed by atoms with Crippen molar-refractivity contribution in [3.8, 4) is 0 Å². The molecule has 2 heterocycles. The molecular weight excluding hydrogens is 304 g/mol. The van der Waals surface area contributed by atoms with E-state index in [4.69, 9.17) is 0 Å². The van der Waals surface area contributed by atoms with Gasteiger partial charge in [-0.1, -0.05) is 12.1 Å². The van der Waals surface area contributed by atoms with Gasteiger partial charge in [-0.15, -0.1) is 0 Å². The predicted molar refractivity (Wildman–Crippen MR) is 92.7 cm³/mol. The molecule has 0 radical (unpaired) electrons. The number of carbonyl (C=O) groups is 1. The van der Waals surface area contributed by atoms with E-state index in [1.54, 1.807) is 6.33 Å². The number of aromatic amines is 1. The van der Waals surface area contributed by atoms with E-state index in [0.29, 0.717) is 18.5 Å². The van der Waals surface area contributed by atoms with Crippen LogP contribution in [0.1, 0.15) is 23.2 Å². The Morgan fingerprint density at radius 3 is 2.88 bits per heavy atom. The average Bonchev–Trinajstić information content (AvgIpc) is 2.95. The first-order valence-corrected chi connectivity index (χ1v) is 7.90. The van der Waals surface area contributed by atoms with E-state index < -0.39 is 0 Å². The molecule has 6 nitrogen and oxygen atoms in total. The number of hydrogen-bond donors (Lipinski definition) is 2. The summed E-state index contributed by atoms with van der Waals surface area (Å²) in [6, 6.07) is 9.72. The average molecular weight is 324 g/mol. The monoisotopic (exact) mass is 324 g/mol. The fourth-order valence-electron chi connectivity index (χ4n) is 2.79. The minimum Gasteiger partial charge on any atom is -0.352 e. The number of fused-ring (bicyclic) bond motifs is 1. The van der Waals surface area contributed by atoms with Crippen LogP contribution in [0.5, 0.6) is 0 Å². The molecule has 0 saturated carbocycles. The van der Waals surface area contributed by atoms with Gasteiger partial charge in [0, 0.05) is 30.8 Å². The molecule has 1 amide bonds. The Morgan fingerprint density at radius 2 is 2.08 bits per heavy atom. The number of pyridine rings is 1. The van der Waals surface area contributed by atoms with Gasteiger partial charge in [-0.3, -0.25) is 9.59 Å². The summed E-state index contributed by atoms with van der Waals surface area (Å²) in [5, 5.41) is 2.82.